The van der Waals surface area contributed by atoms with Crippen LogP contribution in [0.5, 0.6) is 0 Å². The predicted molar refractivity (Wildman–Crippen MR) is 126 cm³/mol. The number of aliphatic hydroxyl groups is 1. The highest BCUT2D eigenvalue weighted by Gasteiger charge is 2.25. The Morgan fingerprint density at radius 2 is 1.53 bits per heavy atom. The topological polar surface area (TPSA) is 115 Å². The maximum Gasteiger partial charge on any atom is 0.248 e. The summed E-state index contributed by atoms with van der Waals surface area (Å²) in [6.07, 6.45) is -0.0511. The second-order valence-electron chi connectivity index (χ2n) is 9.37. The molecule has 7 heteroatoms. The zero-order valence-electron chi connectivity index (χ0n) is 19.6. The molecule has 0 saturated carbocycles. The number of hydrogen-bond acceptors (Lipinski definition) is 5. The van der Waals surface area contributed by atoms with Crippen molar-refractivity contribution in [3.8, 4) is 0 Å². The molecule has 32 heavy (non-hydrogen) atoms. The normalized spacial score (nSPS) is 12.4. The first-order valence-corrected chi connectivity index (χ1v) is 12.3. The third-order valence-electron chi connectivity index (χ3n) is 5.47. The van der Waals surface area contributed by atoms with Gasteiger partial charge in [-0.05, 0) is 72.2 Å². The highest BCUT2D eigenvalue weighted by molar-refractivity contribution is 7.92. The summed E-state index contributed by atoms with van der Waals surface area (Å²) in [5, 5.41) is 10.2. The predicted octanol–water partition coefficient (Wildman–Crippen LogP) is 3.85. The number of nitrogens with two attached hydrogens (primary N) is 1. The van der Waals surface area contributed by atoms with Gasteiger partial charge in [-0.2, -0.15) is 0 Å². The van der Waals surface area contributed by atoms with Gasteiger partial charge in [0.05, 0.1) is 10.5 Å². The number of Topliss-reactive ketones (excluding diaryl/α,β-unsaturated/α-hetero) is 1. The van der Waals surface area contributed by atoms with Gasteiger partial charge in [0, 0.05) is 12.0 Å². The first-order chi connectivity index (χ1) is 14.6. The van der Waals surface area contributed by atoms with Gasteiger partial charge in [-0.15, -0.1) is 0 Å². The Hall–Kier alpha value is -2.51. The van der Waals surface area contributed by atoms with E-state index in [9.17, 15) is 23.1 Å². The number of carbonyl (C=O) groups is 2. The van der Waals surface area contributed by atoms with Crippen molar-refractivity contribution in [1.29, 1.82) is 0 Å². The molecule has 0 fully saturated rings. The number of amides is 1. The molecule has 3 N–H and O–H groups in total. The summed E-state index contributed by atoms with van der Waals surface area (Å²) in [4.78, 5) is 24.7. The Bertz CT molecular complexity index is 1100. The van der Waals surface area contributed by atoms with E-state index in [1.165, 1.54) is 12.1 Å². The lowest BCUT2D eigenvalue weighted by molar-refractivity contribution is -0.116. The van der Waals surface area contributed by atoms with Gasteiger partial charge in [-0.25, -0.2) is 8.42 Å². The van der Waals surface area contributed by atoms with Crippen LogP contribution >= 0.6 is 0 Å². The fourth-order valence-corrected chi connectivity index (χ4v) is 4.99. The van der Waals surface area contributed by atoms with E-state index in [0.29, 0.717) is 11.1 Å². The van der Waals surface area contributed by atoms with Crippen LogP contribution in [0.4, 0.5) is 0 Å². The van der Waals surface area contributed by atoms with Gasteiger partial charge in [0.25, 0.3) is 0 Å². The molecule has 0 aliphatic rings. The number of sulfone groups is 1. The van der Waals surface area contributed by atoms with Crippen LogP contribution < -0.4 is 5.73 Å². The Balaban J connectivity index is 2.42. The van der Waals surface area contributed by atoms with Crippen molar-refractivity contribution in [1.82, 2.24) is 0 Å². The fraction of sp³-hybridized carbons (Fsp3) is 0.440. The smallest absolute Gasteiger partial charge is 0.248 e. The summed E-state index contributed by atoms with van der Waals surface area (Å²) in [5.41, 5.74) is 7.52. The van der Waals surface area contributed by atoms with E-state index in [4.69, 9.17) is 5.73 Å². The first kappa shape index (κ1) is 25.7. The number of ketones is 1. The second-order valence-corrected chi connectivity index (χ2v) is 11.4. The lowest BCUT2D eigenvalue weighted by atomic mass is 9.84. The van der Waals surface area contributed by atoms with Gasteiger partial charge in [0.2, 0.25) is 5.91 Å². The summed E-state index contributed by atoms with van der Waals surface area (Å²) in [7, 11) is -3.88. The van der Waals surface area contributed by atoms with Gasteiger partial charge in [0.1, 0.15) is 5.75 Å². The molecule has 174 valence electrons. The van der Waals surface area contributed by atoms with Crippen molar-refractivity contribution >= 4 is 21.5 Å². The minimum absolute atomic E-state index is 0.00252. The number of rotatable bonds is 9. The maximum atomic E-state index is 12.9. The van der Waals surface area contributed by atoms with Crippen LogP contribution in [0.2, 0.25) is 0 Å². The third-order valence-corrected chi connectivity index (χ3v) is 7.15. The zero-order chi connectivity index (χ0) is 24.4. The van der Waals surface area contributed by atoms with Crippen molar-refractivity contribution in [2.45, 2.75) is 70.3 Å². The molecule has 0 aromatic heterocycles. The molecule has 0 aliphatic heterocycles. The molecule has 0 spiro atoms. The van der Waals surface area contributed by atoms with E-state index in [-0.39, 0.29) is 23.2 Å². The average Bonchev–Trinajstić information content (AvgIpc) is 2.66. The minimum atomic E-state index is -3.88. The second kappa shape index (κ2) is 9.55. The molecule has 1 amide bonds. The number of benzene rings is 2. The standard InChI is InChI=1S/C25H33NO5S/c1-15(2)21-10-17(24(26)28)11-22(16(3)4)23(21)13-19(27)14-32(30,31)20-9-7-8-18(12-20)25(5,6)29/h7-12,15-16,29H,13-14H2,1-6H3,(H2,26,28). The number of carbonyl (C=O) groups excluding carboxylic acids is 2. The van der Waals surface area contributed by atoms with Crippen LogP contribution in [-0.4, -0.2) is 31.0 Å². The van der Waals surface area contributed by atoms with E-state index in [2.05, 4.69) is 0 Å². The van der Waals surface area contributed by atoms with E-state index in [1.807, 2.05) is 27.7 Å². The largest absolute Gasteiger partial charge is 0.386 e. The van der Waals surface area contributed by atoms with Crippen molar-refractivity contribution in [2.24, 2.45) is 5.73 Å². The van der Waals surface area contributed by atoms with Gasteiger partial charge >= 0.3 is 0 Å². The molecule has 0 aliphatic carbocycles. The summed E-state index contributed by atoms with van der Waals surface area (Å²) in [6.45, 7) is 11.0. The van der Waals surface area contributed by atoms with Gasteiger partial charge in [-0.1, -0.05) is 39.8 Å². The molecule has 0 heterocycles. The van der Waals surface area contributed by atoms with Crippen LogP contribution in [0.1, 0.15) is 86.0 Å². The highest BCUT2D eigenvalue weighted by Crippen LogP contribution is 2.30. The first-order valence-electron chi connectivity index (χ1n) is 10.7. The lowest BCUT2D eigenvalue weighted by Gasteiger charge is -2.21. The van der Waals surface area contributed by atoms with E-state index < -0.39 is 32.9 Å². The van der Waals surface area contributed by atoms with Crippen molar-refractivity contribution in [3.05, 3.63) is 64.2 Å². The van der Waals surface area contributed by atoms with Gasteiger partial charge in [0.15, 0.2) is 15.6 Å². The molecule has 2 rings (SSSR count). The molecule has 0 radical (unpaired) electrons. The van der Waals surface area contributed by atoms with Crippen molar-refractivity contribution < 1.29 is 23.1 Å². The average molecular weight is 460 g/mol. The Morgan fingerprint density at radius 1 is 1.00 bits per heavy atom. The van der Waals surface area contributed by atoms with Crippen LogP contribution in [-0.2, 0) is 26.7 Å². The van der Waals surface area contributed by atoms with Gasteiger partial charge in [-0.3, -0.25) is 9.59 Å². The minimum Gasteiger partial charge on any atom is -0.386 e. The molecule has 0 atom stereocenters. The monoisotopic (exact) mass is 459 g/mol. The molecule has 0 bridgehead atoms. The number of primary amides is 1. The van der Waals surface area contributed by atoms with Crippen molar-refractivity contribution in [3.63, 3.8) is 0 Å². The zero-order valence-corrected chi connectivity index (χ0v) is 20.4. The summed E-state index contributed by atoms with van der Waals surface area (Å²) in [5.74, 6) is -1.57. The van der Waals surface area contributed by atoms with E-state index in [1.54, 1.807) is 38.1 Å². The van der Waals surface area contributed by atoms with Crippen LogP contribution in [0.3, 0.4) is 0 Å². The fourth-order valence-electron chi connectivity index (χ4n) is 3.71. The summed E-state index contributed by atoms with van der Waals surface area (Å²) < 4.78 is 25.9. The molecular weight excluding hydrogens is 426 g/mol. The lowest BCUT2D eigenvalue weighted by Crippen LogP contribution is -2.22. The molecule has 2 aromatic rings. The molecule has 0 saturated heterocycles. The van der Waals surface area contributed by atoms with Crippen molar-refractivity contribution in [2.75, 3.05) is 5.75 Å². The van der Waals surface area contributed by atoms with Gasteiger partial charge < -0.3 is 10.8 Å². The third kappa shape index (κ3) is 6.04. The van der Waals surface area contributed by atoms with E-state index >= 15 is 0 Å². The Kier molecular flexibility index (Phi) is 7.68. The Morgan fingerprint density at radius 3 is 1.97 bits per heavy atom. The molecular formula is C25H33NO5S. The highest BCUT2D eigenvalue weighted by atomic mass is 32.2. The van der Waals surface area contributed by atoms with E-state index in [0.717, 1.165) is 16.7 Å². The maximum absolute atomic E-state index is 12.9. The summed E-state index contributed by atoms with van der Waals surface area (Å²) >= 11 is 0. The Labute approximate surface area is 190 Å². The molecule has 0 unspecified atom stereocenters. The molecule has 6 nitrogen and oxygen atoms in total. The van der Waals surface area contributed by atoms with Crippen LogP contribution in [0.15, 0.2) is 41.3 Å². The molecule has 2 aromatic carbocycles. The van der Waals surface area contributed by atoms with Crippen LogP contribution in [0.25, 0.3) is 0 Å². The summed E-state index contributed by atoms with van der Waals surface area (Å²) in [6, 6.07) is 9.43. The number of hydrogen-bond donors (Lipinski definition) is 2. The quantitative estimate of drug-likeness (QED) is 0.591. The SMILES string of the molecule is CC(C)c1cc(C(N)=O)cc(C(C)C)c1CC(=O)CS(=O)(=O)c1cccc(C(C)(C)O)c1. The van der Waals surface area contributed by atoms with Crippen LogP contribution in [0, 0.1) is 0 Å².